The number of hydrogen-bond donors (Lipinski definition) is 1. The Morgan fingerprint density at radius 2 is 2.07 bits per heavy atom. The molecule has 0 saturated heterocycles. The van der Waals surface area contributed by atoms with Crippen LogP contribution in [0.5, 0.6) is 0 Å². The van der Waals surface area contributed by atoms with E-state index in [0.29, 0.717) is 6.54 Å². The molecule has 0 aliphatic heterocycles. The number of rotatable bonds is 2. The summed E-state index contributed by atoms with van der Waals surface area (Å²) >= 11 is 5.27. The van der Waals surface area contributed by atoms with E-state index in [-0.39, 0.29) is 0 Å². The third-order valence-corrected chi connectivity index (χ3v) is 4.15. The Morgan fingerprint density at radius 3 is 2.67 bits per heavy atom. The van der Waals surface area contributed by atoms with E-state index in [0.717, 1.165) is 4.47 Å². The number of benzene rings is 1. The van der Waals surface area contributed by atoms with E-state index in [9.17, 15) is 0 Å². The van der Waals surface area contributed by atoms with Gasteiger partial charge in [-0.3, -0.25) is 0 Å². The lowest BCUT2D eigenvalue weighted by molar-refractivity contribution is 1.07. The molecule has 3 heteroatoms. The van der Waals surface area contributed by atoms with E-state index < -0.39 is 0 Å². The molecule has 0 spiro atoms. The molecule has 0 aliphatic carbocycles. The van der Waals surface area contributed by atoms with E-state index in [1.165, 1.54) is 22.3 Å². The highest BCUT2D eigenvalue weighted by Crippen LogP contribution is 2.34. The first-order chi connectivity index (χ1) is 7.22. The van der Waals surface area contributed by atoms with Gasteiger partial charge in [0, 0.05) is 22.0 Å². The zero-order valence-electron chi connectivity index (χ0n) is 8.46. The number of thiophene rings is 1. The highest BCUT2D eigenvalue weighted by atomic mass is 79.9. The van der Waals surface area contributed by atoms with Crippen molar-refractivity contribution in [1.29, 1.82) is 0 Å². The largest absolute Gasteiger partial charge is 0.326 e. The Kier molecular flexibility index (Phi) is 3.24. The summed E-state index contributed by atoms with van der Waals surface area (Å²) in [5, 5.41) is 4.26. The summed E-state index contributed by atoms with van der Waals surface area (Å²) in [6.07, 6.45) is 0. The van der Waals surface area contributed by atoms with Crippen molar-refractivity contribution >= 4 is 27.3 Å². The second kappa shape index (κ2) is 4.47. The third-order valence-electron chi connectivity index (χ3n) is 2.44. The SMILES string of the molecule is Cc1ccc(CN)cc1-c1cscc1Br. The molecule has 0 radical (unpaired) electrons. The Bertz CT molecular complexity index is 476. The minimum atomic E-state index is 0.592. The first-order valence-electron chi connectivity index (χ1n) is 4.74. The molecule has 1 aromatic heterocycles. The van der Waals surface area contributed by atoms with Crippen molar-refractivity contribution in [2.45, 2.75) is 13.5 Å². The van der Waals surface area contributed by atoms with Gasteiger partial charge in [-0.1, -0.05) is 12.1 Å². The summed E-state index contributed by atoms with van der Waals surface area (Å²) in [5.41, 5.74) is 10.6. The van der Waals surface area contributed by atoms with Crippen molar-refractivity contribution in [3.8, 4) is 11.1 Å². The zero-order valence-corrected chi connectivity index (χ0v) is 10.9. The van der Waals surface area contributed by atoms with Gasteiger partial charge in [0.1, 0.15) is 0 Å². The minimum absolute atomic E-state index is 0.592. The molecule has 2 aromatic rings. The van der Waals surface area contributed by atoms with Gasteiger partial charge in [-0.25, -0.2) is 0 Å². The van der Waals surface area contributed by atoms with Crippen molar-refractivity contribution < 1.29 is 0 Å². The van der Waals surface area contributed by atoms with Crippen LogP contribution in [0.4, 0.5) is 0 Å². The topological polar surface area (TPSA) is 26.0 Å². The quantitative estimate of drug-likeness (QED) is 0.887. The maximum atomic E-state index is 5.65. The van der Waals surface area contributed by atoms with Crippen LogP contribution in [0.15, 0.2) is 33.4 Å². The van der Waals surface area contributed by atoms with Gasteiger partial charge in [-0.2, -0.15) is 11.3 Å². The third kappa shape index (κ3) is 2.14. The monoisotopic (exact) mass is 281 g/mol. The molecule has 2 rings (SSSR count). The van der Waals surface area contributed by atoms with Gasteiger partial charge >= 0.3 is 0 Å². The van der Waals surface area contributed by atoms with Gasteiger partial charge in [0.2, 0.25) is 0 Å². The van der Waals surface area contributed by atoms with Crippen molar-refractivity contribution in [2.24, 2.45) is 5.73 Å². The van der Waals surface area contributed by atoms with E-state index in [4.69, 9.17) is 5.73 Å². The fourth-order valence-electron chi connectivity index (χ4n) is 1.56. The van der Waals surface area contributed by atoms with E-state index in [2.05, 4.69) is 51.8 Å². The Balaban J connectivity index is 2.56. The zero-order chi connectivity index (χ0) is 10.8. The Hall–Kier alpha value is -0.640. The minimum Gasteiger partial charge on any atom is -0.326 e. The lowest BCUT2D eigenvalue weighted by atomic mass is 10.0. The number of aryl methyl sites for hydroxylation is 1. The van der Waals surface area contributed by atoms with Gasteiger partial charge in [0.25, 0.3) is 0 Å². The summed E-state index contributed by atoms with van der Waals surface area (Å²) in [5.74, 6) is 0. The summed E-state index contributed by atoms with van der Waals surface area (Å²) in [6.45, 7) is 2.72. The van der Waals surface area contributed by atoms with Crippen LogP contribution in [0.2, 0.25) is 0 Å². The maximum Gasteiger partial charge on any atom is 0.0360 e. The lowest BCUT2D eigenvalue weighted by Gasteiger charge is -2.07. The highest BCUT2D eigenvalue weighted by molar-refractivity contribution is 9.10. The lowest BCUT2D eigenvalue weighted by Crippen LogP contribution is -1.96. The molecular formula is C12H12BrNS. The van der Waals surface area contributed by atoms with Crippen molar-refractivity contribution in [1.82, 2.24) is 0 Å². The first kappa shape index (κ1) is 10.9. The molecule has 0 saturated carbocycles. The molecule has 0 fully saturated rings. The molecule has 1 nitrogen and oxygen atoms in total. The fraction of sp³-hybridized carbons (Fsp3) is 0.167. The van der Waals surface area contributed by atoms with Gasteiger partial charge < -0.3 is 5.73 Å². The van der Waals surface area contributed by atoms with Crippen molar-refractivity contribution in [3.05, 3.63) is 44.6 Å². The Morgan fingerprint density at radius 1 is 1.27 bits per heavy atom. The first-order valence-corrected chi connectivity index (χ1v) is 6.47. The molecule has 78 valence electrons. The van der Waals surface area contributed by atoms with Gasteiger partial charge in [-0.05, 0) is 51.0 Å². The van der Waals surface area contributed by atoms with Gasteiger partial charge in [0.15, 0.2) is 0 Å². The smallest absolute Gasteiger partial charge is 0.0360 e. The molecule has 0 bridgehead atoms. The van der Waals surface area contributed by atoms with Crippen LogP contribution in [-0.2, 0) is 6.54 Å². The molecule has 1 heterocycles. The molecule has 0 amide bonds. The molecule has 15 heavy (non-hydrogen) atoms. The van der Waals surface area contributed by atoms with Crippen LogP contribution in [0.1, 0.15) is 11.1 Å². The van der Waals surface area contributed by atoms with Crippen LogP contribution < -0.4 is 5.73 Å². The number of nitrogens with two attached hydrogens (primary N) is 1. The number of halogens is 1. The van der Waals surface area contributed by atoms with Crippen LogP contribution in [0.25, 0.3) is 11.1 Å². The van der Waals surface area contributed by atoms with Crippen LogP contribution in [0, 0.1) is 6.92 Å². The van der Waals surface area contributed by atoms with E-state index in [1.54, 1.807) is 11.3 Å². The molecular weight excluding hydrogens is 270 g/mol. The van der Waals surface area contributed by atoms with Gasteiger partial charge in [-0.15, -0.1) is 0 Å². The molecule has 1 aromatic carbocycles. The Labute approximate surface area is 102 Å². The predicted octanol–water partition coefficient (Wildman–Crippen LogP) is 3.94. The molecule has 0 atom stereocenters. The van der Waals surface area contributed by atoms with Crippen LogP contribution >= 0.6 is 27.3 Å². The highest BCUT2D eigenvalue weighted by Gasteiger charge is 2.07. The van der Waals surface area contributed by atoms with Crippen molar-refractivity contribution in [2.75, 3.05) is 0 Å². The van der Waals surface area contributed by atoms with Crippen LogP contribution in [-0.4, -0.2) is 0 Å². The second-order valence-electron chi connectivity index (χ2n) is 3.49. The normalized spacial score (nSPS) is 10.6. The average molecular weight is 282 g/mol. The predicted molar refractivity (Wildman–Crippen MR) is 70.1 cm³/mol. The molecule has 0 aliphatic rings. The summed E-state index contributed by atoms with van der Waals surface area (Å²) in [6, 6.07) is 6.38. The maximum absolute atomic E-state index is 5.65. The summed E-state index contributed by atoms with van der Waals surface area (Å²) in [7, 11) is 0. The van der Waals surface area contributed by atoms with Crippen LogP contribution in [0.3, 0.4) is 0 Å². The van der Waals surface area contributed by atoms with E-state index >= 15 is 0 Å². The molecule has 2 N–H and O–H groups in total. The standard InChI is InChI=1S/C12H12BrNS/c1-8-2-3-9(5-14)4-10(8)11-6-15-7-12(11)13/h2-4,6-7H,5,14H2,1H3. The van der Waals surface area contributed by atoms with Crippen molar-refractivity contribution in [3.63, 3.8) is 0 Å². The number of hydrogen-bond acceptors (Lipinski definition) is 2. The second-order valence-corrected chi connectivity index (χ2v) is 5.08. The fourth-order valence-corrected chi connectivity index (χ4v) is 3.07. The summed E-state index contributed by atoms with van der Waals surface area (Å²) in [4.78, 5) is 0. The molecule has 0 unspecified atom stereocenters. The van der Waals surface area contributed by atoms with Gasteiger partial charge in [0.05, 0.1) is 0 Å². The average Bonchev–Trinajstić information content (AvgIpc) is 2.65. The van der Waals surface area contributed by atoms with E-state index in [1.807, 2.05) is 0 Å². The summed E-state index contributed by atoms with van der Waals surface area (Å²) < 4.78 is 1.16.